The average molecular weight is 386 g/mol. The minimum atomic E-state index is -0.281. The fourth-order valence-electron chi connectivity index (χ4n) is 4.36. The Morgan fingerprint density at radius 3 is 2.69 bits per heavy atom. The summed E-state index contributed by atoms with van der Waals surface area (Å²) in [5.74, 6) is 0.0119. The highest BCUT2D eigenvalue weighted by Crippen LogP contribution is 2.47. The topological polar surface area (TPSA) is 57.3 Å². The van der Waals surface area contributed by atoms with Gasteiger partial charge >= 0.3 is 0 Å². The highest BCUT2D eigenvalue weighted by molar-refractivity contribution is 5.98. The number of aryl methyl sites for hydroxylation is 1. The molecule has 29 heavy (non-hydrogen) atoms. The van der Waals surface area contributed by atoms with Crippen molar-refractivity contribution in [1.29, 1.82) is 0 Å². The number of amides is 1. The number of hydrogen-bond donors (Lipinski definition) is 2. The van der Waals surface area contributed by atoms with Crippen molar-refractivity contribution in [3.05, 3.63) is 71.4 Å². The third-order valence-electron chi connectivity index (χ3n) is 6.22. The van der Waals surface area contributed by atoms with Crippen LogP contribution in [0.2, 0.25) is 0 Å². The van der Waals surface area contributed by atoms with Crippen molar-refractivity contribution < 1.29 is 4.79 Å². The van der Waals surface area contributed by atoms with Crippen LogP contribution in [-0.4, -0.2) is 37.1 Å². The van der Waals surface area contributed by atoms with Crippen LogP contribution in [0, 0.1) is 6.92 Å². The molecule has 5 nitrogen and oxygen atoms in total. The van der Waals surface area contributed by atoms with Crippen LogP contribution in [-0.2, 0) is 5.54 Å². The number of nitrogens with one attached hydrogen (secondary N) is 2. The minimum Gasteiger partial charge on any atom is -0.369 e. The number of rotatable bonds is 4. The maximum absolute atomic E-state index is 13.3. The fourth-order valence-corrected chi connectivity index (χ4v) is 4.36. The number of pyridine rings is 1. The van der Waals surface area contributed by atoms with Gasteiger partial charge in [-0.1, -0.05) is 24.3 Å². The first kappa shape index (κ1) is 18.1. The van der Waals surface area contributed by atoms with E-state index in [-0.39, 0.29) is 11.4 Å². The predicted octanol–water partition coefficient (Wildman–Crippen LogP) is 3.37. The van der Waals surface area contributed by atoms with E-state index in [0.717, 1.165) is 66.7 Å². The Kier molecular flexibility index (Phi) is 4.47. The van der Waals surface area contributed by atoms with Crippen LogP contribution < -0.4 is 15.5 Å². The summed E-state index contributed by atoms with van der Waals surface area (Å²) >= 11 is 0. The van der Waals surface area contributed by atoms with E-state index in [0.29, 0.717) is 0 Å². The molecule has 0 unspecified atom stereocenters. The van der Waals surface area contributed by atoms with Crippen molar-refractivity contribution in [2.75, 3.05) is 31.1 Å². The molecule has 2 aromatic carbocycles. The number of carbonyl (C=O) groups is 1. The van der Waals surface area contributed by atoms with Gasteiger partial charge in [0.2, 0.25) is 0 Å². The number of nitrogens with zero attached hydrogens (tertiary/aromatic N) is 2. The second kappa shape index (κ2) is 7.16. The molecule has 1 saturated carbocycles. The van der Waals surface area contributed by atoms with Crippen molar-refractivity contribution >= 4 is 22.5 Å². The van der Waals surface area contributed by atoms with Crippen molar-refractivity contribution in [3.8, 4) is 0 Å². The summed E-state index contributed by atoms with van der Waals surface area (Å²) < 4.78 is 0. The number of benzene rings is 2. The molecule has 1 aromatic heterocycles. The molecule has 1 saturated heterocycles. The van der Waals surface area contributed by atoms with E-state index in [2.05, 4.69) is 50.8 Å². The Labute approximate surface area is 171 Å². The molecule has 2 aliphatic rings. The van der Waals surface area contributed by atoms with Gasteiger partial charge in [0.1, 0.15) is 0 Å². The van der Waals surface area contributed by atoms with Gasteiger partial charge in [-0.25, -0.2) is 0 Å². The second-order valence-corrected chi connectivity index (χ2v) is 8.15. The van der Waals surface area contributed by atoms with Crippen LogP contribution in [0.3, 0.4) is 0 Å². The van der Waals surface area contributed by atoms with Gasteiger partial charge in [0, 0.05) is 49.0 Å². The molecule has 0 radical (unpaired) electrons. The summed E-state index contributed by atoms with van der Waals surface area (Å²) in [4.78, 5) is 20.1. The third kappa shape index (κ3) is 3.36. The molecule has 2 N–H and O–H groups in total. The number of piperazine rings is 1. The minimum absolute atomic E-state index is 0.0119. The lowest BCUT2D eigenvalue weighted by Crippen LogP contribution is -2.43. The van der Waals surface area contributed by atoms with Crippen molar-refractivity contribution in [1.82, 2.24) is 15.6 Å². The number of aromatic nitrogens is 1. The molecular formula is C24H26N4O. The maximum Gasteiger partial charge on any atom is 0.252 e. The molecule has 0 spiro atoms. The average Bonchev–Trinajstić information content (AvgIpc) is 3.54. The SMILES string of the molecule is Cc1ccc(N2CCNCC2)cc1C(=O)NC1(c2ccnc3ccccc23)CC1. The molecule has 5 rings (SSSR count). The van der Waals surface area contributed by atoms with E-state index in [4.69, 9.17) is 0 Å². The standard InChI is InChI=1S/C24H26N4O/c1-17-6-7-18(28-14-12-25-13-15-28)16-20(17)23(29)27-24(9-10-24)21-8-11-26-22-5-3-2-4-19(21)22/h2-8,11,16,25H,9-10,12-15H2,1H3,(H,27,29). The number of hydrogen-bond acceptors (Lipinski definition) is 4. The number of fused-ring (bicyclic) bond motifs is 1. The Bertz CT molecular complexity index is 1060. The van der Waals surface area contributed by atoms with E-state index in [1.165, 1.54) is 5.56 Å². The lowest BCUT2D eigenvalue weighted by atomic mass is 9.99. The van der Waals surface area contributed by atoms with Crippen LogP contribution in [0.4, 0.5) is 5.69 Å². The van der Waals surface area contributed by atoms with E-state index in [1.807, 2.05) is 31.3 Å². The van der Waals surface area contributed by atoms with Crippen LogP contribution in [0.1, 0.15) is 34.3 Å². The maximum atomic E-state index is 13.3. The predicted molar refractivity (Wildman–Crippen MR) is 116 cm³/mol. The fraction of sp³-hybridized carbons (Fsp3) is 0.333. The second-order valence-electron chi connectivity index (χ2n) is 8.15. The molecule has 1 amide bonds. The van der Waals surface area contributed by atoms with Crippen LogP contribution in [0.25, 0.3) is 10.9 Å². The molecule has 2 fully saturated rings. The van der Waals surface area contributed by atoms with Crippen LogP contribution >= 0.6 is 0 Å². The summed E-state index contributed by atoms with van der Waals surface area (Å²) in [7, 11) is 0. The Morgan fingerprint density at radius 2 is 1.90 bits per heavy atom. The van der Waals surface area contributed by atoms with Crippen molar-refractivity contribution in [3.63, 3.8) is 0 Å². The number of para-hydroxylation sites is 1. The van der Waals surface area contributed by atoms with Gasteiger partial charge < -0.3 is 15.5 Å². The molecule has 1 aliphatic heterocycles. The Morgan fingerprint density at radius 1 is 1.10 bits per heavy atom. The Hall–Kier alpha value is -2.92. The Balaban J connectivity index is 1.44. The first-order valence-corrected chi connectivity index (χ1v) is 10.4. The van der Waals surface area contributed by atoms with E-state index in [9.17, 15) is 4.79 Å². The zero-order valence-corrected chi connectivity index (χ0v) is 16.7. The van der Waals surface area contributed by atoms with E-state index < -0.39 is 0 Å². The summed E-state index contributed by atoms with van der Waals surface area (Å²) in [5, 5.41) is 7.87. The normalized spacial score (nSPS) is 17.9. The molecule has 3 aromatic rings. The van der Waals surface area contributed by atoms with E-state index in [1.54, 1.807) is 0 Å². The van der Waals surface area contributed by atoms with Crippen LogP contribution in [0.15, 0.2) is 54.7 Å². The summed E-state index contributed by atoms with van der Waals surface area (Å²) in [6.45, 7) is 5.91. The molecule has 5 heteroatoms. The van der Waals surface area contributed by atoms with Crippen molar-refractivity contribution in [2.45, 2.75) is 25.3 Å². The third-order valence-corrected chi connectivity index (χ3v) is 6.22. The highest BCUT2D eigenvalue weighted by Gasteiger charge is 2.46. The largest absolute Gasteiger partial charge is 0.369 e. The lowest BCUT2D eigenvalue weighted by Gasteiger charge is -2.30. The van der Waals surface area contributed by atoms with Gasteiger partial charge in [-0.15, -0.1) is 0 Å². The summed E-state index contributed by atoms with van der Waals surface area (Å²) in [6, 6.07) is 16.5. The monoisotopic (exact) mass is 386 g/mol. The van der Waals surface area contributed by atoms with Gasteiger partial charge in [-0.3, -0.25) is 9.78 Å². The zero-order chi connectivity index (χ0) is 19.8. The quantitative estimate of drug-likeness (QED) is 0.722. The smallest absolute Gasteiger partial charge is 0.252 e. The summed E-state index contributed by atoms with van der Waals surface area (Å²) in [6.07, 6.45) is 3.77. The zero-order valence-electron chi connectivity index (χ0n) is 16.7. The highest BCUT2D eigenvalue weighted by atomic mass is 16.1. The molecule has 148 valence electrons. The number of anilines is 1. The summed E-state index contributed by atoms with van der Waals surface area (Å²) in [5.41, 5.74) is 4.77. The van der Waals surface area contributed by atoms with Crippen LogP contribution in [0.5, 0.6) is 0 Å². The molecule has 2 heterocycles. The molecule has 1 aliphatic carbocycles. The molecular weight excluding hydrogens is 360 g/mol. The van der Waals surface area contributed by atoms with Gasteiger partial charge in [0.05, 0.1) is 11.1 Å². The molecule has 0 bridgehead atoms. The first-order valence-electron chi connectivity index (χ1n) is 10.4. The van der Waals surface area contributed by atoms with Gasteiger partial charge in [-0.2, -0.15) is 0 Å². The molecule has 0 atom stereocenters. The van der Waals surface area contributed by atoms with E-state index >= 15 is 0 Å². The lowest BCUT2D eigenvalue weighted by molar-refractivity contribution is 0.0930. The van der Waals surface area contributed by atoms with Gasteiger partial charge in [-0.05, 0) is 55.2 Å². The van der Waals surface area contributed by atoms with Crippen molar-refractivity contribution in [2.24, 2.45) is 0 Å². The number of carbonyl (C=O) groups excluding carboxylic acids is 1. The van der Waals surface area contributed by atoms with Gasteiger partial charge in [0.15, 0.2) is 0 Å². The first-order chi connectivity index (χ1) is 14.2. The van der Waals surface area contributed by atoms with Gasteiger partial charge in [0.25, 0.3) is 5.91 Å².